The number of hydrogen-bond acceptors (Lipinski definition) is 0. The van der Waals surface area contributed by atoms with E-state index in [2.05, 4.69) is 0 Å². The Balaban J connectivity index is 2.49. The molecule has 0 spiro atoms. The van der Waals surface area contributed by atoms with Crippen LogP contribution in [0.2, 0.25) is 0 Å². The van der Waals surface area contributed by atoms with Crippen LogP contribution in [-0.4, -0.2) is 5.88 Å². The molecule has 0 amide bonds. The lowest BCUT2D eigenvalue weighted by atomic mass is 9.95. The van der Waals surface area contributed by atoms with E-state index in [1.54, 1.807) is 12.1 Å². The molecule has 0 fully saturated rings. The van der Waals surface area contributed by atoms with E-state index in [0.29, 0.717) is 29.0 Å². The first-order chi connectivity index (χ1) is 10.4. The zero-order valence-electron chi connectivity index (χ0n) is 11.5. The Labute approximate surface area is 131 Å². The highest BCUT2D eigenvalue weighted by Gasteiger charge is 2.30. The summed E-state index contributed by atoms with van der Waals surface area (Å²) in [6.45, 7) is 0. The summed E-state index contributed by atoms with van der Waals surface area (Å²) in [7, 11) is 0. The van der Waals surface area contributed by atoms with Crippen molar-refractivity contribution in [2.24, 2.45) is 0 Å². The first-order valence-electron chi connectivity index (χ1n) is 6.61. The van der Waals surface area contributed by atoms with Crippen LogP contribution in [0.3, 0.4) is 0 Å². The van der Waals surface area contributed by atoms with Gasteiger partial charge in [-0.15, -0.1) is 11.6 Å². The van der Waals surface area contributed by atoms with Gasteiger partial charge in [-0.1, -0.05) is 30.3 Å². The molecule has 0 aliphatic rings. The minimum Gasteiger partial charge on any atom is -0.207 e. The van der Waals surface area contributed by atoms with Crippen LogP contribution in [0, 0.1) is 5.82 Å². The van der Waals surface area contributed by atoms with E-state index >= 15 is 0 Å². The Kier molecular flexibility index (Phi) is 5.24. The summed E-state index contributed by atoms with van der Waals surface area (Å²) in [6.07, 6.45) is -2.14. The van der Waals surface area contributed by atoms with Crippen LogP contribution >= 0.6 is 11.6 Å². The molecule has 0 heterocycles. The number of benzene rings is 2. The molecule has 22 heavy (non-hydrogen) atoms. The SMILES string of the molecule is Fc1ccc(C(=CCCCl)c2cccc(C(F)(F)F)c2)cc1. The molecule has 0 bridgehead atoms. The van der Waals surface area contributed by atoms with Crippen molar-refractivity contribution >= 4 is 17.2 Å². The number of alkyl halides is 4. The van der Waals surface area contributed by atoms with Crippen molar-refractivity contribution in [3.63, 3.8) is 0 Å². The first kappa shape index (κ1) is 16.6. The molecule has 0 aromatic heterocycles. The van der Waals surface area contributed by atoms with Crippen LogP contribution in [-0.2, 0) is 6.18 Å². The molecule has 0 atom stereocenters. The molecule has 0 saturated heterocycles. The summed E-state index contributed by atoms with van der Waals surface area (Å²) in [5.41, 5.74) is 0.952. The van der Waals surface area contributed by atoms with Gasteiger partial charge in [-0.05, 0) is 47.4 Å². The van der Waals surface area contributed by atoms with Gasteiger partial charge in [0.1, 0.15) is 5.82 Å². The van der Waals surface area contributed by atoms with Crippen LogP contribution in [0.4, 0.5) is 17.6 Å². The van der Waals surface area contributed by atoms with E-state index in [4.69, 9.17) is 11.6 Å². The van der Waals surface area contributed by atoms with Crippen molar-refractivity contribution in [3.8, 4) is 0 Å². The third-order valence-electron chi connectivity index (χ3n) is 3.11. The van der Waals surface area contributed by atoms with E-state index < -0.39 is 17.6 Å². The van der Waals surface area contributed by atoms with Gasteiger partial charge in [-0.25, -0.2) is 4.39 Å². The fourth-order valence-corrected chi connectivity index (χ4v) is 2.20. The highest BCUT2D eigenvalue weighted by molar-refractivity contribution is 6.18. The van der Waals surface area contributed by atoms with E-state index in [0.717, 1.165) is 12.1 Å². The molecule has 0 saturated carbocycles. The zero-order valence-corrected chi connectivity index (χ0v) is 12.3. The molecular formula is C17H13ClF4. The highest BCUT2D eigenvalue weighted by Crippen LogP contribution is 2.32. The number of rotatable bonds is 4. The second kappa shape index (κ2) is 6.97. The Morgan fingerprint density at radius 2 is 1.68 bits per heavy atom. The highest BCUT2D eigenvalue weighted by atomic mass is 35.5. The third kappa shape index (κ3) is 4.10. The van der Waals surface area contributed by atoms with Crippen molar-refractivity contribution in [1.82, 2.24) is 0 Å². The lowest BCUT2D eigenvalue weighted by Gasteiger charge is -2.12. The fraction of sp³-hybridized carbons (Fsp3) is 0.176. The average molecular weight is 329 g/mol. The van der Waals surface area contributed by atoms with Gasteiger partial charge in [-0.3, -0.25) is 0 Å². The van der Waals surface area contributed by atoms with Crippen LogP contribution in [0.5, 0.6) is 0 Å². The monoisotopic (exact) mass is 328 g/mol. The second-order valence-electron chi connectivity index (χ2n) is 4.68. The second-order valence-corrected chi connectivity index (χ2v) is 5.06. The molecular weight excluding hydrogens is 316 g/mol. The summed E-state index contributed by atoms with van der Waals surface area (Å²) in [4.78, 5) is 0. The molecule has 2 aromatic carbocycles. The molecule has 0 unspecified atom stereocenters. The maximum absolute atomic E-state index is 13.0. The van der Waals surface area contributed by atoms with Gasteiger partial charge in [0.25, 0.3) is 0 Å². The lowest BCUT2D eigenvalue weighted by molar-refractivity contribution is -0.137. The summed E-state index contributed by atoms with van der Waals surface area (Å²) < 4.78 is 51.6. The van der Waals surface area contributed by atoms with Gasteiger partial charge in [0.15, 0.2) is 0 Å². The summed E-state index contributed by atoms with van der Waals surface area (Å²) in [5, 5.41) is 0. The normalized spacial score (nSPS) is 12.5. The van der Waals surface area contributed by atoms with Gasteiger partial charge in [0, 0.05) is 5.88 Å². The average Bonchev–Trinajstić information content (AvgIpc) is 2.49. The summed E-state index contributed by atoms with van der Waals surface area (Å²) >= 11 is 5.67. The van der Waals surface area contributed by atoms with Gasteiger partial charge in [-0.2, -0.15) is 13.2 Å². The van der Waals surface area contributed by atoms with Crippen LogP contribution in [0.1, 0.15) is 23.1 Å². The minimum atomic E-state index is -4.41. The van der Waals surface area contributed by atoms with Crippen molar-refractivity contribution in [2.45, 2.75) is 12.6 Å². The molecule has 0 radical (unpaired) electrons. The molecule has 116 valence electrons. The molecule has 0 N–H and O–H groups in total. The topological polar surface area (TPSA) is 0 Å². The predicted molar refractivity (Wildman–Crippen MR) is 80.3 cm³/mol. The quantitative estimate of drug-likeness (QED) is 0.484. The molecule has 2 rings (SSSR count). The van der Waals surface area contributed by atoms with E-state index in [9.17, 15) is 17.6 Å². The van der Waals surface area contributed by atoms with E-state index in [1.807, 2.05) is 0 Å². The molecule has 0 nitrogen and oxygen atoms in total. The predicted octanol–water partition coefficient (Wildman–Crippen LogP) is 5.91. The molecule has 2 aromatic rings. The van der Waals surface area contributed by atoms with E-state index in [-0.39, 0.29) is 0 Å². The van der Waals surface area contributed by atoms with Gasteiger partial charge in [0.2, 0.25) is 0 Å². The Morgan fingerprint density at radius 3 is 2.27 bits per heavy atom. The van der Waals surface area contributed by atoms with E-state index in [1.165, 1.54) is 30.3 Å². The Morgan fingerprint density at radius 1 is 1.00 bits per heavy atom. The largest absolute Gasteiger partial charge is 0.416 e. The smallest absolute Gasteiger partial charge is 0.207 e. The molecule has 0 aliphatic heterocycles. The lowest BCUT2D eigenvalue weighted by Crippen LogP contribution is -2.05. The van der Waals surface area contributed by atoms with Crippen molar-refractivity contribution in [2.75, 3.05) is 5.88 Å². The summed E-state index contributed by atoms with van der Waals surface area (Å²) in [6, 6.07) is 10.7. The van der Waals surface area contributed by atoms with Crippen molar-refractivity contribution in [3.05, 3.63) is 77.1 Å². The Hall–Kier alpha value is -1.81. The Bertz CT molecular complexity index is 657. The van der Waals surface area contributed by atoms with Gasteiger partial charge in [0.05, 0.1) is 5.56 Å². The van der Waals surface area contributed by atoms with Gasteiger partial charge < -0.3 is 0 Å². The third-order valence-corrected chi connectivity index (χ3v) is 3.33. The number of allylic oxidation sites excluding steroid dienone is 1. The van der Waals surface area contributed by atoms with Crippen LogP contribution in [0.15, 0.2) is 54.6 Å². The standard InChI is InChI=1S/C17H13ClF4/c18-10-2-5-16(12-6-8-15(19)9-7-12)13-3-1-4-14(11-13)17(20,21)22/h1,3-9,11H,2,10H2. The number of halogens is 5. The van der Waals surface area contributed by atoms with Crippen LogP contribution in [0.25, 0.3) is 5.57 Å². The maximum atomic E-state index is 13.0. The molecule has 5 heteroatoms. The fourth-order valence-electron chi connectivity index (χ4n) is 2.09. The minimum absolute atomic E-state index is 0.351. The van der Waals surface area contributed by atoms with Crippen molar-refractivity contribution < 1.29 is 17.6 Å². The van der Waals surface area contributed by atoms with Crippen LogP contribution < -0.4 is 0 Å². The van der Waals surface area contributed by atoms with Crippen molar-refractivity contribution in [1.29, 1.82) is 0 Å². The first-order valence-corrected chi connectivity index (χ1v) is 7.15. The zero-order chi connectivity index (χ0) is 16.2. The van der Waals surface area contributed by atoms with Gasteiger partial charge >= 0.3 is 6.18 Å². The number of hydrogen-bond donors (Lipinski definition) is 0. The molecule has 0 aliphatic carbocycles. The maximum Gasteiger partial charge on any atom is 0.416 e. The summed E-state index contributed by atoms with van der Waals surface area (Å²) in [5.74, 6) is -0.0478.